The molecule has 0 aliphatic heterocycles. The zero-order valence-corrected chi connectivity index (χ0v) is 10.9. The molecule has 1 nitrogen and oxygen atoms in total. The molecular weight excluding hydrogens is 230 g/mol. The second-order valence-corrected chi connectivity index (χ2v) is 4.89. The Morgan fingerprint density at radius 2 is 1.88 bits per heavy atom. The smallest absolute Gasteiger partial charge is 0.0458 e. The quantitative estimate of drug-likeness (QED) is 0.789. The molecular formula is C15H18ClN. The molecule has 2 heteroatoms. The lowest BCUT2D eigenvalue weighted by atomic mass is 10.0. The first-order valence-corrected chi connectivity index (χ1v) is 6.56. The standard InChI is InChI=1S/C15H18ClN/c1-2-14(16)11-17-10-13-8-5-7-12-6-3-4-9-15(12)13/h3-9,14,17H,2,10-11H2,1H3. The minimum atomic E-state index is 0.227. The van der Waals surface area contributed by atoms with Crippen LogP contribution in [0.25, 0.3) is 10.8 Å². The van der Waals surface area contributed by atoms with Crippen molar-refractivity contribution in [2.75, 3.05) is 6.54 Å². The van der Waals surface area contributed by atoms with Gasteiger partial charge < -0.3 is 5.32 Å². The summed E-state index contributed by atoms with van der Waals surface area (Å²) < 4.78 is 0. The summed E-state index contributed by atoms with van der Waals surface area (Å²) in [6, 6.07) is 14.9. The summed E-state index contributed by atoms with van der Waals surface area (Å²) >= 11 is 6.09. The van der Waals surface area contributed by atoms with Crippen molar-refractivity contribution in [3.63, 3.8) is 0 Å². The minimum absolute atomic E-state index is 0.227. The van der Waals surface area contributed by atoms with Crippen LogP contribution in [-0.2, 0) is 6.54 Å². The van der Waals surface area contributed by atoms with Crippen molar-refractivity contribution < 1.29 is 0 Å². The van der Waals surface area contributed by atoms with E-state index in [2.05, 4.69) is 54.7 Å². The zero-order valence-electron chi connectivity index (χ0n) is 10.1. The van der Waals surface area contributed by atoms with E-state index in [1.165, 1.54) is 16.3 Å². The molecule has 1 atom stereocenters. The normalized spacial score (nSPS) is 12.8. The van der Waals surface area contributed by atoms with Gasteiger partial charge in [-0.05, 0) is 22.8 Å². The average molecular weight is 248 g/mol. The Kier molecular flexibility index (Phi) is 4.41. The largest absolute Gasteiger partial charge is 0.311 e. The molecule has 2 rings (SSSR count). The Bertz CT molecular complexity index is 476. The molecule has 0 aromatic heterocycles. The van der Waals surface area contributed by atoms with Crippen molar-refractivity contribution in [1.82, 2.24) is 5.32 Å². The molecule has 0 heterocycles. The second-order valence-electron chi connectivity index (χ2n) is 4.27. The van der Waals surface area contributed by atoms with Gasteiger partial charge in [0.1, 0.15) is 0 Å². The Morgan fingerprint density at radius 3 is 2.71 bits per heavy atom. The molecule has 90 valence electrons. The lowest BCUT2D eigenvalue weighted by molar-refractivity contribution is 0.649. The highest BCUT2D eigenvalue weighted by molar-refractivity contribution is 6.20. The molecule has 0 bridgehead atoms. The summed E-state index contributed by atoms with van der Waals surface area (Å²) in [5.41, 5.74) is 1.34. The first-order chi connectivity index (χ1) is 8.31. The van der Waals surface area contributed by atoms with Crippen LogP contribution < -0.4 is 5.32 Å². The first kappa shape index (κ1) is 12.4. The van der Waals surface area contributed by atoms with Crippen LogP contribution in [-0.4, -0.2) is 11.9 Å². The molecule has 2 aromatic rings. The molecule has 0 aliphatic carbocycles. The van der Waals surface area contributed by atoms with E-state index in [9.17, 15) is 0 Å². The van der Waals surface area contributed by atoms with E-state index in [0.717, 1.165) is 19.5 Å². The lowest BCUT2D eigenvalue weighted by Gasteiger charge is -2.10. The maximum atomic E-state index is 6.09. The van der Waals surface area contributed by atoms with Crippen molar-refractivity contribution in [2.24, 2.45) is 0 Å². The van der Waals surface area contributed by atoms with Crippen LogP contribution >= 0.6 is 11.6 Å². The van der Waals surface area contributed by atoms with Gasteiger partial charge in [0.05, 0.1) is 0 Å². The Labute approximate surface area is 108 Å². The zero-order chi connectivity index (χ0) is 12.1. The topological polar surface area (TPSA) is 12.0 Å². The number of fused-ring (bicyclic) bond motifs is 1. The minimum Gasteiger partial charge on any atom is -0.311 e. The maximum absolute atomic E-state index is 6.09. The number of halogens is 1. The molecule has 1 N–H and O–H groups in total. The number of nitrogens with one attached hydrogen (secondary N) is 1. The van der Waals surface area contributed by atoms with Gasteiger partial charge in [-0.2, -0.15) is 0 Å². The fraction of sp³-hybridized carbons (Fsp3) is 0.333. The predicted octanol–water partition coefficient (Wildman–Crippen LogP) is 3.95. The van der Waals surface area contributed by atoms with Gasteiger partial charge in [0.2, 0.25) is 0 Å². The van der Waals surface area contributed by atoms with Gasteiger partial charge in [0.25, 0.3) is 0 Å². The molecule has 0 amide bonds. The predicted molar refractivity (Wildman–Crippen MR) is 75.6 cm³/mol. The van der Waals surface area contributed by atoms with Crippen molar-refractivity contribution in [1.29, 1.82) is 0 Å². The fourth-order valence-corrected chi connectivity index (χ4v) is 2.06. The number of benzene rings is 2. The molecule has 0 fully saturated rings. The van der Waals surface area contributed by atoms with Gasteiger partial charge in [0, 0.05) is 18.5 Å². The molecule has 17 heavy (non-hydrogen) atoms. The average Bonchev–Trinajstić information content (AvgIpc) is 2.39. The van der Waals surface area contributed by atoms with Crippen LogP contribution in [0.5, 0.6) is 0 Å². The fourth-order valence-electron chi connectivity index (χ4n) is 1.95. The molecule has 0 radical (unpaired) electrons. The van der Waals surface area contributed by atoms with E-state index in [-0.39, 0.29) is 5.38 Å². The number of hydrogen-bond donors (Lipinski definition) is 1. The summed E-state index contributed by atoms with van der Waals surface area (Å²) in [6.07, 6.45) is 1.00. The van der Waals surface area contributed by atoms with E-state index in [1.54, 1.807) is 0 Å². The van der Waals surface area contributed by atoms with Crippen molar-refractivity contribution in [3.8, 4) is 0 Å². The molecule has 0 spiro atoms. The Balaban J connectivity index is 2.08. The molecule has 0 saturated carbocycles. The van der Waals surface area contributed by atoms with Gasteiger partial charge >= 0.3 is 0 Å². The maximum Gasteiger partial charge on any atom is 0.0458 e. The number of hydrogen-bond acceptors (Lipinski definition) is 1. The first-order valence-electron chi connectivity index (χ1n) is 6.12. The van der Waals surface area contributed by atoms with E-state index < -0.39 is 0 Å². The lowest BCUT2D eigenvalue weighted by Crippen LogP contribution is -2.22. The van der Waals surface area contributed by atoms with Gasteiger partial charge in [-0.1, -0.05) is 49.4 Å². The van der Waals surface area contributed by atoms with E-state index in [1.807, 2.05) is 0 Å². The van der Waals surface area contributed by atoms with Gasteiger partial charge in [-0.3, -0.25) is 0 Å². The summed E-state index contributed by atoms with van der Waals surface area (Å²) in [5, 5.41) is 6.26. The highest BCUT2D eigenvalue weighted by Gasteiger charge is 2.02. The summed E-state index contributed by atoms with van der Waals surface area (Å²) in [5.74, 6) is 0. The summed E-state index contributed by atoms with van der Waals surface area (Å²) in [6.45, 7) is 3.85. The highest BCUT2D eigenvalue weighted by Crippen LogP contribution is 2.18. The van der Waals surface area contributed by atoms with Crippen molar-refractivity contribution in [3.05, 3.63) is 48.0 Å². The molecule has 1 unspecified atom stereocenters. The van der Waals surface area contributed by atoms with E-state index >= 15 is 0 Å². The third kappa shape index (κ3) is 3.21. The highest BCUT2D eigenvalue weighted by atomic mass is 35.5. The van der Waals surface area contributed by atoms with Gasteiger partial charge in [-0.25, -0.2) is 0 Å². The number of rotatable bonds is 5. The van der Waals surface area contributed by atoms with Crippen LogP contribution in [0.4, 0.5) is 0 Å². The van der Waals surface area contributed by atoms with Gasteiger partial charge in [-0.15, -0.1) is 11.6 Å². The molecule has 2 aromatic carbocycles. The monoisotopic (exact) mass is 247 g/mol. The summed E-state index contributed by atoms with van der Waals surface area (Å²) in [7, 11) is 0. The van der Waals surface area contributed by atoms with Crippen LogP contribution in [0.15, 0.2) is 42.5 Å². The SMILES string of the molecule is CCC(Cl)CNCc1cccc2ccccc12. The van der Waals surface area contributed by atoms with Crippen LogP contribution in [0.3, 0.4) is 0 Å². The third-order valence-corrected chi connectivity index (χ3v) is 3.47. The Morgan fingerprint density at radius 1 is 1.12 bits per heavy atom. The van der Waals surface area contributed by atoms with Crippen molar-refractivity contribution in [2.45, 2.75) is 25.3 Å². The van der Waals surface area contributed by atoms with Crippen LogP contribution in [0, 0.1) is 0 Å². The van der Waals surface area contributed by atoms with Crippen LogP contribution in [0.2, 0.25) is 0 Å². The molecule has 0 saturated heterocycles. The third-order valence-electron chi connectivity index (χ3n) is 3.00. The number of alkyl halides is 1. The van der Waals surface area contributed by atoms with Gasteiger partial charge in [0.15, 0.2) is 0 Å². The second kappa shape index (κ2) is 6.04. The van der Waals surface area contributed by atoms with Crippen LogP contribution in [0.1, 0.15) is 18.9 Å². The molecule has 0 aliphatic rings. The Hall–Kier alpha value is -1.05. The van der Waals surface area contributed by atoms with E-state index in [0.29, 0.717) is 0 Å². The van der Waals surface area contributed by atoms with Crippen molar-refractivity contribution >= 4 is 22.4 Å². The summed E-state index contributed by atoms with van der Waals surface area (Å²) in [4.78, 5) is 0. The van der Waals surface area contributed by atoms with E-state index in [4.69, 9.17) is 11.6 Å².